The van der Waals surface area contributed by atoms with Crippen molar-refractivity contribution in [3.8, 4) is 5.75 Å². The van der Waals surface area contributed by atoms with Gasteiger partial charge >= 0.3 is 0 Å². The van der Waals surface area contributed by atoms with E-state index >= 15 is 0 Å². The van der Waals surface area contributed by atoms with Crippen LogP contribution in [0.25, 0.3) is 0 Å². The van der Waals surface area contributed by atoms with Crippen LogP contribution >= 0.6 is 27.5 Å². The summed E-state index contributed by atoms with van der Waals surface area (Å²) in [6.07, 6.45) is 0.916. The van der Waals surface area contributed by atoms with Crippen molar-refractivity contribution < 1.29 is 4.74 Å². The van der Waals surface area contributed by atoms with Crippen molar-refractivity contribution in [1.82, 2.24) is 0 Å². The Morgan fingerprint density at radius 2 is 2.07 bits per heavy atom. The fraction of sp³-hybridized carbons (Fsp3) is 0.500. The van der Waals surface area contributed by atoms with Gasteiger partial charge in [0.2, 0.25) is 0 Å². The summed E-state index contributed by atoms with van der Waals surface area (Å²) < 4.78 is 6.40. The van der Waals surface area contributed by atoms with Crippen molar-refractivity contribution in [3.05, 3.63) is 28.2 Å². The van der Waals surface area contributed by atoms with Crippen molar-refractivity contribution in [2.75, 3.05) is 13.0 Å². The Bertz CT molecular complexity index is 336. The van der Waals surface area contributed by atoms with E-state index in [1.165, 1.54) is 5.56 Å². The minimum absolute atomic E-state index is 0.0929. The van der Waals surface area contributed by atoms with E-state index in [1.54, 1.807) is 7.11 Å². The first-order valence-corrected chi connectivity index (χ1v) is 6.19. The third-order valence-corrected chi connectivity index (χ3v) is 3.49. The number of rotatable bonds is 4. The van der Waals surface area contributed by atoms with Gasteiger partial charge in [0, 0.05) is 10.4 Å². The first-order valence-electron chi connectivity index (χ1n) is 4.87. The molecule has 3 heteroatoms. The highest BCUT2D eigenvalue weighted by Crippen LogP contribution is 2.30. The Morgan fingerprint density at radius 3 is 2.60 bits per heavy atom. The molecule has 84 valence electrons. The van der Waals surface area contributed by atoms with Gasteiger partial charge in [-0.15, -0.1) is 11.6 Å². The normalized spacial score (nSPS) is 11.5. The van der Waals surface area contributed by atoms with E-state index in [0.717, 1.165) is 16.6 Å². The van der Waals surface area contributed by atoms with E-state index < -0.39 is 0 Å². The summed E-state index contributed by atoms with van der Waals surface area (Å²) in [6.45, 7) is 4.31. The first kappa shape index (κ1) is 12.9. The van der Waals surface area contributed by atoms with Gasteiger partial charge < -0.3 is 4.74 Å². The van der Waals surface area contributed by atoms with Crippen LogP contribution in [0.2, 0.25) is 0 Å². The largest absolute Gasteiger partial charge is 0.496 e. The molecule has 0 aliphatic carbocycles. The SMILES string of the molecule is COc1ccc(Br)cc1CC(C)(C)CCl. The van der Waals surface area contributed by atoms with Crippen LogP contribution in [0.4, 0.5) is 0 Å². The molecule has 1 aromatic carbocycles. The van der Waals surface area contributed by atoms with E-state index in [2.05, 4.69) is 35.8 Å². The smallest absolute Gasteiger partial charge is 0.122 e. The lowest BCUT2D eigenvalue weighted by Gasteiger charge is -2.22. The van der Waals surface area contributed by atoms with Gasteiger partial charge in [0.05, 0.1) is 7.11 Å². The van der Waals surface area contributed by atoms with Crippen molar-refractivity contribution >= 4 is 27.5 Å². The number of hydrogen-bond donors (Lipinski definition) is 0. The molecule has 0 amide bonds. The molecule has 0 saturated carbocycles. The third kappa shape index (κ3) is 3.69. The molecule has 0 saturated heterocycles. The summed E-state index contributed by atoms with van der Waals surface area (Å²) in [5.74, 6) is 1.57. The van der Waals surface area contributed by atoms with Crippen LogP contribution in [0.1, 0.15) is 19.4 Å². The van der Waals surface area contributed by atoms with E-state index in [-0.39, 0.29) is 5.41 Å². The topological polar surface area (TPSA) is 9.23 Å². The number of methoxy groups -OCH3 is 1. The third-order valence-electron chi connectivity index (χ3n) is 2.27. The molecule has 1 aromatic rings. The van der Waals surface area contributed by atoms with Crippen molar-refractivity contribution in [1.29, 1.82) is 0 Å². The molecule has 0 atom stereocenters. The van der Waals surface area contributed by atoms with E-state index in [0.29, 0.717) is 5.88 Å². The monoisotopic (exact) mass is 290 g/mol. The lowest BCUT2D eigenvalue weighted by molar-refractivity contribution is 0.382. The van der Waals surface area contributed by atoms with Crippen LogP contribution in [0.5, 0.6) is 5.75 Å². The summed E-state index contributed by atoms with van der Waals surface area (Å²) in [5.41, 5.74) is 1.29. The van der Waals surface area contributed by atoms with Gasteiger partial charge in [0.25, 0.3) is 0 Å². The van der Waals surface area contributed by atoms with Gasteiger partial charge in [-0.05, 0) is 35.6 Å². The van der Waals surface area contributed by atoms with Crippen molar-refractivity contribution in [2.24, 2.45) is 5.41 Å². The fourth-order valence-electron chi connectivity index (χ4n) is 1.45. The predicted octanol–water partition coefficient (Wildman–Crippen LogP) is 4.27. The Hall–Kier alpha value is -0.210. The van der Waals surface area contributed by atoms with E-state index in [9.17, 15) is 0 Å². The zero-order chi connectivity index (χ0) is 11.5. The Kier molecular flexibility index (Phi) is 4.47. The van der Waals surface area contributed by atoms with E-state index in [1.807, 2.05) is 12.1 Å². The van der Waals surface area contributed by atoms with Crippen LogP contribution < -0.4 is 4.74 Å². The molecule has 0 unspecified atom stereocenters. The molecule has 1 nitrogen and oxygen atoms in total. The second-order valence-electron chi connectivity index (χ2n) is 4.43. The van der Waals surface area contributed by atoms with Gasteiger partial charge in [-0.3, -0.25) is 0 Å². The van der Waals surface area contributed by atoms with Gasteiger partial charge in [0.1, 0.15) is 5.75 Å². The fourth-order valence-corrected chi connectivity index (χ4v) is 1.95. The first-order chi connectivity index (χ1) is 6.98. The number of halogens is 2. The molecule has 1 rings (SSSR count). The highest BCUT2D eigenvalue weighted by molar-refractivity contribution is 9.10. The summed E-state index contributed by atoms with van der Waals surface area (Å²) in [5, 5.41) is 0. The molecule has 0 spiro atoms. The summed E-state index contributed by atoms with van der Waals surface area (Å²) >= 11 is 9.39. The van der Waals surface area contributed by atoms with Gasteiger partial charge in [-0.25, -0.2) is 0 Å². The lowest BCUT2D eigenvalue weighted by Crippen LogP contribution is -2.17. The summed E-state index contributed by atoms with van der Waals surface area (Å²) in [6, 6.07) is 6.05. The second-order valence-corrected chi connectivity index (χ2v) is 5.61. The molecular formula is C12H16BrClO. The molecule has 0 aromatic heterocycles. The highest BCUT2D eigenvalue weighted by atomic mass is 79.9. The zero-order valence-corrected chi connectivity index (χ0v) is 11.7. The number of alkyl halides is 1. The maximum absolute atomic E-state index is 5.93. The molecule has 0 bridgehead atoms. The van der Waals surface area contributed by atoms with Crippen molar-refractivity contribution in [2.45, 2.75) is 20.3 Å². The van der Waals surface area contributed by atoms with Gasteiger partial charge in [0.15, 0.2) is 0 Å². The molecule has 0 aliphatic heterocycles. The second kappa shape index (κ2) is 5.22. The van der Waals surface area contributed by atoms with E-state index in [4.69, 9.17) is 16.3 Å². The molecule has 0 radical (unpaired) electrons. The number of hydrogen-bond acceptors (Lipinski definition) is 1. The molecule has 0 fully saturated rings. The maximum atomic E-state index is 5.93. The summed E-state index contributed by atoms with van der Waals surface area (Å²) in [4.78, 5) is 0. The lowest BCUT2D eigenvalue weighted by atomic mass is 9.87. The van der Waals surface area contributed by atoms with Gasteiger partial charge in [-0.1, -0.05) is 29.8 Å². The molecule has 0 heterocycles. The molecular weight excluding hydrogens is 275 g/mol. The highest BCUT2D eigenvalue weighted by Gasteiger charge is 2.19. The molecule has 0 aliphatic rings. The average molecular weight is 292 g/mol. The summed E-state index contributed by atoms with van der Waals surface area (Å²) in [7, 11) is 1.69. The van der Waals surface area contributed by atoms with Crippen molar-refractivity contribution in [3.63, 3.8) is 0 Å². The molecule has 0 N–H and O–H groups in total. The van der Waals surface area contributed by atoms with Crippen LogP contribution in [0, 0.1) is 5.41 Å². The Morgan fingerprint density at radius 1 is 1.40 bits per heavy atom. The zero-order valence-electron chi connectivity index (χ0n) is 9.31. The van der Waals surface area contributed by atoms with Crippen LogP contribution in [0.15, 0.2) is 22.7 Å². The Labute approximate surface area is 105 Å². The van der Waals surface area contributed by atoms with Crippen LogP contribution in [-0.2, 0) is 6.42 Å². The number of benzene rings is 1. The minimum Gasteiger partial charge on any atom is -0.496 e. The standard InChI is InChI=1S/C12H16BrClO/c1-12(2,8-14)7-9-6-10(13)4-5-11(9)15-3/h4-6H,7-8H2,1-3H3. The number of ether oxygens (including phenoxy) is 1. The maximum Gasteiger partial charge on any atom is 0.122 e. The quantitative estimate of drug-likeness (QED) is 0.753. The minimum atomic E-state index is 0.0929. The predicted molar refractivity (Wildman–Crippen MR) is 68.9 cm³/mol. The Balaban J connectivity index is 2.97. The molecule has 15 heavy (non-hydrogen) atoms. The van der Waals surface area contributed by atoms with Gasteiger partial charge in [-0.2, -0.15) is 0 Å². The average Bonchev–Trinajstić information content (AvgIpc) is 2.18. The van der Waals surface area contributed by atoms with Crippen LogP contribution in [0.3, 0.4) is 0 Å². The van der Waals surface area contributed by atoms with Crippen LogP contribution in [-0.4, -0.2) is 13.0 Å².